The molecule has 1 amide bonds. The van der Waals surface area contributed by atoms with Gasteiger partial charge in [0.2, 0.25) is 5.95 Å². The van der Waals surface area contributed by atoms with Gasteiger partial charge in [0.05, 0.1) is 30.3 Å². The number of anilines is 1. The van der Waals surface area contributed by atoms with Crippen LogP contribution in [0.5, 0.6) is 5.75 Å². The third-order valence-electron chi connectivity index (χ3n) is 5.18. The molecule has 35 heavy (non-hydrogen) atoms. The number of H-pyrrole nitrogens is 1. The van der Waals surface area contributed by atoms with Gasteiger partial charge in [-0.05, 0) is 49.4 Å². The van der Waals surface area contributed by atoms with Crippen molar-refractivity contribution in [1.82, 2.24) is 29.5 Å². The normalized spacial score (nSPS) is 11.1. The molecule has 176 valence electrons. The van der Waals surface area contributed by atoms with Crippen LogP contribution < -0.4 is 15.6 Å². The quantitative estimate of drug-likeness (QED) is 0.366. The first kappa shape index (κ1) is 22.6. The number of aromatic amines is 1. The van der Waals surface area contributed by atoms with Crippen LogP contribution in [0, 0.1) is 6.92 Å². The standard InChI is InChI=1S/C23H17Cl2N7O3/c1-12-9-19(27-21(33)16-10-14(25)5-8-18(16)35-2)32(30-12)23-28-20-17(22(34)29-23)11-26-31(20)15-6-3-13(24)4-7-15/h3-11H,1-2H3,(H,27,33)(H,28,29,34). The van der Waals surface area contributed by atoms with Crippen molar-refractivity contribution in [2.24, 2.45) is 0 Å². The highest BCUT2D eigenvalue weighted by molar-refractivity contribution is 6.31. The molecule has 2 aromatic carbocycles. The average molecular weight is 510 g/mol. The molecule has 0 bridgehead atoms. The lowest BCUT2D eigenvalue weighted by atomic mass is 10.2. The van der Waals surface area contributed by atoms with Gasteiger partial charge >= 0.3 is 0 Å². The number of benzene rings is 2. The van der Waals surface area contributed by atoms with E-state index < -0.39 is 11.5 Å². The molecule has 12 heteroatoms. The van der Waals surface area contributed by atoms with Crippen LogP contribution >= 0.6 is 23.2 Å². The van der Waals surface area contributed by atoms with Crippen molar-refractivity contribution in [3.8, 4) is 17.4 Å². The number of hydrogen-bond donors (Lipinski definition) is 2. The van der Waals surface area contributed by atoms with Crippen LogP contribution in [0.15, 0.2) is 59.5 Å². The highest BCUT2D eigenvalue weighted by Crippen LogP contribution is 2.25. The lowest BCUT2D eigenvalue weighted by Gasteiger charge is -2.11. The SMILES string of the molecule is COc1ccc(Cl)cc1C(=O)Nc1cc(C)nn1-c1nc2c(cnn2-c2ccc(Cl)cc2)c(=O)[nH]1. The van der Waals surface area contributed by atoms with Crippen molar-refractivity contribution < 1.29 is 9.53 Å². The van der Waals surface area contributed by atoms with Crippen molar-refractivity contribution in [3.05, 3.63) is 86.4 Å². The fourth-order valence-corrected chi connectivity index (χ4v) is 3.87. The number of aryl methyl sites for hydroxylation is 1. The number of hydrogen-bond acceptors (Lipinski definition) is 6. The molecule has 5 rings (SSSR count). The third kappa shape index (κ3) is 4.25. The van der Waals surface area contributed by atoms with Crippen LogP contribution in [0.2, 0.25) is 10.0 Å². The molecular formula is C23H17Cl2N7O3. The molecule has 0 atom stereocenters. The molecule has 0 aliphatic heterocycles. The van der Waals surface area contributed by atoms with Crippen molar-refractivity contribution in [2.75, 3.05) is 12.4 Å². The van der Waals surface area contributed by atoms with Crippen LogP contribution in [-0.4, -0.2) is 42.5 Å². The topological polar surface area (TPSA) is 120 Å². The van der Waals surface area contributed by atoms with Gasteiger partial charge < -0.3 is 10.1 Å². The maximum absolute atomic E-state index is 13.0. The molecule has 5 aromatic rings. The lowest BCUT2D eigenvalue weighted by Crippen LogP contribution is -2.19. The molecule has 0 spiro atoms. The molecule has 2 N–H and O–H groups in total. The van der Waals surface area contributed by atoms with Gasteiger partial charge in [-0.3, -0.25) is 14.6 Å². The number of aromatic nitrogens is 6. The molecule has 0 aliphatic carbocycles. The Labute approximate surface area is 208 Å². The predicted octanol–water partition coefficient (Wildman–Crippen LogP) is 4.17. The van der Waals surface area contributed by atoms with Crippen LogP contribution in [0.4, 0.5) is 5.82 Å². The van der Waals surface area contributed by atoms with Gasteiger partial charge in [0.1, 0.15) is 17.0 Å². The largest absolute Gasteiger partial charge is 0.496 e. The highest BCUT2D eigenvalue weighted by atomic mass is 35.5. The van der Waals surface area contributed by atoms with Gasteiger partial charge in [0.15, 0.2) is 5.65 Å². The summed E-state index contributed by atoms with van der Waals surface area (Å²) in [6.07, 6.45) is 1.43. The van der Waals surface area contributed by atoms with Gasteiger partial charge in [-0.15, -0.1) is 0 Å². The van der Waals surface area contributed by atoms with Crippen molar-refractivity contribution in [2.45, 2.75) is 6.92 Å². The zero-order valence-electron chi connectivity index (χ0n) is 18.4. The first-order chi connectivity index (χ1) is 16.8. The Kier molecular flexibility index (Phi) is 5.75. The van der Waals surface area contributed by atoms with Crippen molar-refractivity contribution in [1.29, 1.82) is 0 Å². The summed E-state index contributed by atoms with van der Waals surface area (Å²) in [4.78, 5) is 33.1. The molecule has 0 saturated heterocycles. The second-order valence-corrected chi connectivity index (χ2v) is 8.41. The van der Waals surface area contributed by atoms with Crippen LogP contribution in [0.25, 0.3) is 22.7 Å². The number of amides is 1. The second-order valence-electron chi connectivity index (χ2n) is 7.54. The maximum atomic E-state index is 13.0. The van der Waals surface area contributed by atoms with E-state index in [4.69, 9.17) is 27.9 Å². The smallest absolute Gasteiger partial charge is 0.263 e. The van der Waals surface area contributed by atoms with E-state index in [2.05, 4.69) is 25.5 Å². The number of rotatable bonds is 5. The number of carbonyl (C=O) groups excluding carboxylic acids is 1. The summed E-state index contributed by atoms with van der Waals surface area (Å²) < 4.78 is 8.14. The van der Waals surface area contributed by atoms with E-state index in [0.29, 0.717) is 38.2 Å². The van der Waals surface area contributed by atoms with Gasteiger partial charge in [-0.25, -0.2) is 4.68 Å². The fraction of sp³-hybridized carbons (Fsp3) is 0.0870. The Hall–Kier alpha value is -4.15. The lowest BCUT2D eigenvalue weighted by molar-refractivity contribution is 0.102. The first-order valence-corrected chi connectivity index (χ1v) is 11.1. The predicted molar refractivity (Wildman–Crippen MR) is 132 cm³/mol. The zero-order valence-corrected chi connectivity index (χ0v) is 19.9. The first-order valence-electron chi connectivity index (χ1n) is 10.3. The highest BCUT2D eigenvalue weighted by Gasteiger charge is 2.19. The molecule has 3 aromatic heterocycles. The summed E-state index contributed by atoms with van der Waals surface area (Å²) in [5.41, 5.74) is 1.40. The minimum Gasteiger partial charge on any atom is -0.496 e. The number of carbonyl (C=O) groups is 1. The molecule has 0 aliphatic rings. The summed E-state index contributed by atoms with van der Waals surface area (Å²) in [5.74, 6) is 0.267. The van der Waals surface area contributed by atoms with E-state index in [9.17, 15) is 9.59 Å². The Balaban J connectivity index is 1.58. The molecule has 0 saturated carbocycles. The second kappa shape index (κ2) is 8.90. The number of fused-ring (bicyclic) bond motifs is 1. The maximum Gasteiger partial charge on any atom is 0.263 e. The van der Waals surface area contributed by atoms with Crippen molar-refractivity contribution in [3.63, 3.8) is 0 Å². The van der Waals surface area contributed by atoms with Crippen LogP contribution in [0.3, 0.4) is 0 Å². The summed E-state index contributed by atoms with van der Waals surface area (Å²) >= 11 is 12.1. The van der Waals surface area contributed by atoms with E-state index in [0.717, 1.165) is 0 Å². The van der Waals surface area contributed by atoms with Gasteiger partial charge in [0, 0.05) is 16.1 Å². The summed E-state index contributed by atoms with van der Waals surface area (Å²) in [5, 5.41) is 12.7. The van der Waals surface area contributed by atoms with E-state index in [1.807, 2.05) is 0 Å². The van der Waals surface area contributed by atoms with Gasteiger partial charge in [-0.2, -0.15) is 19.9 Å². The van der Waals surface area contributed by atoms with Gasteiger partial charge in [-0.1, -0.05) is 23.2 Å². The number of halogens is 2. The summed E-state index contributed by atoms with van der Waals surface area (Å²) in [7, 11) is 1.46. The van der Waals surface area contributed by atoms with Crippen LogP contribution in [0.1, 0.15) is 16.1 Å². The third-order valence-corrected chi connectivity index (χ3v) is 5.66. The van der Waals surface area contributed by atoms with E-state index in [1.54, 1.807) is 49.4 Å². The minimum absolute atomic E-state index is 0.0969. The number of nitrogens with zero attached hydrogens (tertiary/aromatic N) is 5. The Morgan fingerprint density at radius 3 is 2.54 bits per heavy atom. The van der Waals surface area contributed by atoms with E-state index >= 15 is 0 Å². The number of ether oxygens (including phenoxy) is 1. The van der Waals surface area contributed by atoms with Crippen molar-refractivity contribution >= 4 is 46.0 Å². The Bertz CT molecular complexity index is 1640. The Morgan fingerprint density at radius 1 is 1.06 bits per heavy atom. The molecule has 3 heterocycles. The molecule has 10 nitrogen and oxygen atoms in total. The molecular weight excluding hydrogens is 493 g/mol. The van der Waals surface area contributed by atoms with Gasteiger partial charge in [0.25, 0.3) is 11.5 Å². The molecule has 0 radical (unpaired) electrons. The molecule has 0 fully saturated rings. The van der Waals surface area contributed by atoms with E-state index in [-0.39, 0.29) is 17.3 Å². The summed E-state index contributed by atoms with van der Waals surface area (Å²) in [6, 6.07) is 13.3. The number of nitrogens with one attached hydrogen (secondary N) is 2. The van der Waals surface area contributed by atoms with Crippen LogP contribution in [-0.2, 0) is 0 Å². The Morgan fingerprint density at radius 2 is 1.80 bits per heavy atom. The minimum atomic E-state index is -0.472. The molecule has 0 unspecified atom stereocenters. The zero-order chi connectivity index (χ0) is 24.7. The number of methoxy groups -OCH3 is 1. The monoisotopic (exact) mass is 509 g/mol. The fourth-order valence-electron chi connectivity index (χ4n) is 3.57. The van der Waals surface area contributed by atoms with E-state index in [1.165, 1.54) is 28.7 Å². The summed E-state index contributed by atoms with van der Waals surface area (Å²) in [6.45, 7) is 1.75. The average Bonchev–Trinajstić information content (AvgIpc) is 3.43.